The summed E-state index contributed by atoms with van der Waals surface area (Å²) >= 11 is 13.1. The number of nitrogens with zero attached hydrogens (tertiary/aromatic N) is 7. The Morgan fingerprint density at radius 1 is 0.674 bits per heavy atom. The fourth-order valence-electron chi connectivity index (χ4n) is 6.56. The van der Waals surface area contributed by atoms with Gasteiger partial charge in [0.15, 0.2) is 12.5 Å². The first-order chi connectivity index (χ1) is 22.4. The molecular formula is C31H37Cl2N7O6. The molecule has 7 rings (SSSR count). The van der Waals surface area contributed by atoms with Crippen LogP contribution in [0.15, 0.2) is 40.4 Å². The molecule has 4 aliphatic heterocycles. The topological polar surface area (TPSA) is 126 Å². The van der Waals surface area contributed by atoms with Crippen molar-refractivity contribution >= 4 is 34.6 Å². The van der Waals surface area contributed by atoms with E-state index in [9.17, 15) is 9.59 Å². The molecule has 13 nitrogen and oxygen atoms in total. The maximum absolute atomic E-state index is 13.0. The Hall–Kier alpha value is -3.39. The molecule has 0 radical (unpaired) electrons. The molecule has 0 spiro atoms. The molecule has 15 heteroatoms. The van der Waals surface area contributed by atoms with Crippen LogP contribution in [0.5, 0.6) is 11.5 Å². The zero-order chi connectivity index (χ0) is 31.6. The van der Waals surface area contributed by atoms with E-state index >= 15 is 0 Å². The van der Waals surface area contributed by atoms with Crippen molar-refractivity contribution in [3.05, 3.63) is 61.6 Å². The molecule has 4 atom stereocenters. The van der Waals surface area contributed by atoms with Crippen molar-refractivity contribution in [3.63, 3.8) is 0 Å². The van der Waals surface area contributed by atoms with E-state index in [1.54, 1.807) is 24.8 Å². The van der Waals surface area contributed by atoms with Crippen molar-refractivity contribution in [2.75, 3.05) is 49.2 Å². The molecule has 0 saturated carbocycles. The van der Waals surface area contributed by atoms with Crippen LogP contribution in [-0.2, 0) is 9.47 Å². The highest BCUT2D eigenvalue weighted by Crippen LogP contribution is 2.31. The van der Waals surface area contributed by atoms with Crippen LogP contribution in [0, 0.1) is 0 Å². The van der Waals surface area contributed by atoms with Crippen LogP contribution in [-0.4, -0.2) is 76.1 Å². The molecule has 4 saturated heterocycles. The highest BCUT2D eigenvalue weighted by Gasteiger charge is 2.30. The first kappa shape index (κ1) is 31.2. The number of ether oxygens (including phenoxy) is 4. The van der Waals surface area contributed by atoms with Crippen molar-refractivity contribution in [1.29, 1.82) is 0 Å². The third kappa shape index (κ3) is 6.55. The maximum atomic E-state index is 13.0. The molecule has 3 aromatic heterocycles. The standard InChI is InChI=1S/C31H37Cl2N7O6/c32-28-24(16-35-39(30(28)41)26-5-1-3-11-43-26)37-9-7-20(18-37)45-22-13-23(15-34-14-22)46-21-8-10-38(19-21)25-17-36-40(31(42)29(25)33)27-6-2-4-12-44-27/h13-17,20-21,26-27H,1-12,18-19H2/t20-,21-,26?,27?/m1/s1. The number of halogens is 2. The molecule has 246 valence electrons. The third-order valence-electron chi connectivity index (χ3n) is 8.97. The van der Waals surface area contributed by atoms with E-state index in [0.717, 1.165) is 51.4 Å². The molecule has 3 aromatic rings. The van der Waals surface area contributed by atoms with Gasteiger partial charge in [0.25, 0.3) is 11.1 Å². The van der Waals surface area contributed by atoms with Crippen LogP contribution < -0.4 is 30.4 Å². The minimum atomic E-state index is -0.371. The lowest BCUT2D eigenvalue weighted by Gasteiger charge is -2.25. The Morgan fingerprint density at radius 2 is 1.15 bits per heavy atom. The summed E-state index contributed by atoms with van der Waals surface area (Å²) < 4.78 is 26.7. The Bertz CT molecular complexity index is 1540. The predicted molar refractivity (Wildman–Crippen MR) is 171 cm³/mol. The van der Waals surface area contributed by atoms with Crippen LogP contribution in [0.25, 0.3) is 0 Å². The van der Waals surface area contributed by atoms with Crippen LogP contribution in [0.3, 0.4) is 0 Å². The second kappa shape index (κ2) is 13.8. The lowest BCUT2D eigenvalue weighted by molar-refractivity contribution is -0.0425. The highest BCUT2D eigenvalue weighted by molar-refractivity contribution is 6.33. The number of anilines is 2. The van der Waals surface area contributed by atoms with E-state index in [0.29, 0.717) is 62.3 Å². The summed E-state index contributed by atoms with van der Waals surface area (Å²) in [6.45, 7) is 3.68. The molecular weight excluding hydrogens is 637 g/mol. The summed E-state index contributed by atoms with van der Waals surface area (Å²) in [4.78, 5) is 34.3. The van der Waals surface area contributed by atoms with E-state index in [1.807, 2.05) is 15.9 Å². The highest BCUT2D eigenvalue weighted by atomic mass is 35.5. The minimum absolute atomic E-state index is 0.130. The lowest BCUT2D eigenvalue weighted by atomic mass is 10.2. The van der Waals surface area contributed by atoms with Crippen LogP contribution in [0.2, 0.25) is 10.0 Å². The SMILES string of the molecule is O=c1c(Cl)c(N2CC[C@@H](Oc3cncc(O[C@@H]4CCN(c5cnn(C6CCCCO6)c(=O)c5Cl)C4)c3)C2)cnn1C1CCCCO1. The number of rotatable bonds is 8. The van der Waals surface area contributed by atoms with E-state index in [-0.39, 0.29) is 45.8 Å². The summed E-state index contributed by atoms with van der Waals surface area (Å²) in [6.07, 6.45) is 12.5. The van der Waals surface area contributed by atoms with Crippen molar-refractivity contribution in [3.8, 4) is 11.5 Å². The van der Waals surface area contributed by atoms with E-state index in [4.69, 9.17) is 42.1 Å². The fourth-order valence-corrected chi connectivity index (χ4v) is 7.07. The van der Waals surface area contributed by atoms with Gasteiger partial charge in [-0.15, -0.1) is 0 Å². The normalized spacial score (nSPS) is 25.2. The smallest absolute Gasteiger partial charge is 0.290 e. The Labute approximate surface area is 275 Å². The number of pyridine rings is 1. The molecule has 7 heterocycles. The zero-order valence-electron chi connectivity index (χ0n) is 25.4. The summed E-state index contributed by atoms with van der Waals surface area (Å²) in [7, 11) is 0. The Kier molecular flexibility index (Phi) is 9.34. The van der Waals surface area contributed by atoms with Crippen molar-refractivity contribution < 1.29 is 18.9 Å². The Morgan fingerprint density at radius 3 is 1.59 bits per heavy atom. The summed E-state index contributed by atoms with van der Waals surface area (Å²) in [5.41, 5.74) is 0.514. The van der Waals surface area contributed by atoms with E-state index < -0.39 is 0 Å². The zero-order valence-corrected chi connectivity index (χ0v) is 26.9. The monoisotopic (exact) mass is 673 g/mol. The van der Waals surface area contributed by atoms with Gasteiger partial charge in [-0.3, -0.25) is 14.6 Å². The van der Waals surface area contributed by atoms with Crippen LogP contribution in [0.4, 0.5) is 11.4 Å². The van der Waals surface area contributed by atoms with Gasteiger partial charge in [-0.2, -0.15) is 19.6 Å². The summed E-state index contributed by atoms with van der Waals surface area (Å²) in [5.74, 6) is 1.18. The first-order valence-electron chi connectivity index (χ1n) is 16.0. The molecule has 0 aromatic carbocycles. The maximum Gasteiger partial charge on any atom is 0.290 e. The van der Waals surface area contributed by atoms with Gasteiger partial charge in [0, 0.05) is 45.2 Å². The number of aromatic nitrogens is 5. The quantitative estimate of drug-likeness (QED) is 0.341. The molecule has 0 aliphatic carbocycles. The molecule has 2 unspecified atom stereocenters. The average Bonchev–Trinajstić information content (AvgIpc) is 3.74. The molecule has 0 N–H and O–H groups in total. The van der Waals surface area contributed by atoms with Gasteiger partial charge in [0.05, 0.1) is 49.3 Å². The molecule has 4 aliphatic rings. The van der Waals surface area contributed by atoms with E-state index in [2.05, 4.69) is 15.2 Å². The molecule has 0 amide bonds. The van der Waals surface area contributed by atoms with Gasteiger partial charge in [0.2, 0.25) is 0 Å². The van der Waals surface area contributed by atoms with Crippen LogP contribution >= 0.6 is 23.2 Å². The van der Waals surface area contributed by atoms with Crippen molar-refractivity contribution in [1.82, 2.24) is 24.5 Å². The van der Waals surface area contributed by atoms with Crippen molar-refractivity contribution in [2.24, 2.45) is 0 Å². The third-order valence-corrected chi connectivity index (χ3v) is 9.68. The number of hydrogen-bond acceptors (Lipinski definition) is 11. The molecule has 46 heavy (non-hydrogen) atoms. The number of hydrogen-bond donors (Lipinski definition) is 0. The fraction of sp³-hybridized carbons (Fsp3) is 0.581. The van der Waals surface area contributed by atoms with Crippen LogP contribution in [0.1, 0.15) is 63.8 Å². The summed E-state index contributed by atoms with van der Waals surface area (Å²) in [6, 6.07) is 1.83. The lowest BCUT2D eigenvalue weighted by Crippen LogP contribution is -2.33. The first-order valence-corrected chi connectivity index (χ1v) is 16.8. The molecule has 4 fully saturated rings. The van der Waals surface area contributed by atoms with Crippen molar-refractivity contribution in [2.45, 2.75) is 76.0 Å². The van der Waals surface area contributed by atoms with Gasteiger partial charge in [-0.1, -0.05) is 23.2 Å². The second-order valence-corrected chi connectivity index (χ2v) is 12.9. The van der Waals surface area contributed by atoms with Gasteiger partial charge in [-0.25, -0.2) is 0 Å². The van der Waals surface area contributed by atoms with Gasteiger partial charge >= 0.3 is 0 Å². The second-order valence-electron chi connectivity index (χ2n) is 12.1. The van der Waals surface area contributed by atoms with Gasteiger partial charge < -0.3 is 28.7 Å². The minimum Gasteiger partial charge on any atom is -0.487 e. The average molecular weight is 675 g/mol. The largest absolute Gasteiger partial charge is 0.487 e. The van der Waals surface area contributed by atoms with E-state index in [1.165, 1.54) is 9.36 Å². The Balaban J connectivity index is 0.948. The van der Waals surface area contributed by atoms with Gasteiger partial charge in [0.1, 0.15) is 33.8 Å². The predicted octanol–water partition coefficient (Wildman–Crippen LogP) is 4.22. The molecule has 0 bridgehead atoms. The summed E-state index contributed by atoms with van der Waals surface area (Å²) in [5, 5.41) is 9.05. The van der Waals surface area contributed by atoms with Gasteiger partial charge in [-0.05, 0) is 38.5 Å².